The molecule has 0 saturated carbocycles. The number of aromatic hydroxyl groups is 1. The molecular formula is C11H10N2O2S. The highest BCUT2D eigenvalue weighted by molar-refractivity contribution is 7.98. The average molecular weight is 234 g/mol. The average Bonchev–Trinajstić information content (AvgIpc) is 2.29. The maximum Gasteiger partial charge on any atom is 0.182 e. The third-order valence-corrected chi connectivity index (χ3v) is 2.92. The highest BCUT2D eigenvalue weighted by atomic mass is 32.2. The van der Waals surface area contributed by atoms with Crippen LogP contribution < -0.4 is 0 Å². The Morgan fingerprint density at radius 2 is 2.25 bits per heavy atom. The summed E-state index contributed by atoms with van der Waals surface area (Å²) in [5, 5.41) is 11.3. The molecule has 2 rings (SSSR count). The van der Waals surface area contributed by atoms with E-state index in [9.17, 15) is 9.90 Å². The van der Waals surface area contributed by atoms with Crippen LogP contribution in [0.5, 0.6) is 5.75 Å². The van der Waals surface area contributed by atoms with Gasteiger partial charge in [-0.05, 0) is 18.4 Å². The van der Waals surface area contributed by atoms with Crippen molar-refractivity contribution in [3.63, 3.8) is 0 Å². The molecule has 0 aliphatic carbocycles. The molecule has 0 aliphatic heterocycles. The van der Waals surface area contributed by atoms with Crippen LogP contribution in [0.25, 0.3) is 10.9 Å². The number of fused-ring (bicyclic) bond motifs is 1. The molecule has 16 heavy (non-hydrogen) atoms. The molecule has 1 N–H and O–H groups in total. The standard InChI is InChI=1S/C11H10N2O2S/c1-6(14)8-10(15)9-7(4-3-5-12-9)11(13-8)16-2/h3-5,15H,1-2H3. The number of aromatic nitrogens is 2. The second kappa shape index (κ2) is 4.09. The Bertz CT molecular complexity index is 569. The molecule has 0 atom stereocenters. The highest BCUT2D eigenvalue weighted by Gasteiger charge is 2.16. The number of hydrogen-bond donors (Lipinski definition) is 1. The number of carbonyl (C=O) groups is 1. The van der Waals surface area contributed by atoms with Crippen molar-refractivity contribution in [2.75, 3.05) is 6.26 Å². The summed E-state index contributed by atoms with van der Waals surface area (Å²) in [6.07, 6.45) is 3.45. The van der Waals surface area contributed by atoms with Gasteiger partial charge in [-0.2, -0.15) is 0 Å². The van der Waals surface area contributed by atoms with Crippen LogP contribution in [0, 0.1) is 0 Å². The molecule has 0 bridgehead atoms. The predicted octanol–water partition coefficient (Wildman–Crippen LogP) is 2.26. The fourth-order valence-electron chi connectivity index (χ4n) is 1.49. The number of nitrogens with zero attached hydrogens (tertiary/aromatic N) is 2. The fourth-order valence-corrected chi connectivity index (χ4v) is 2.06. The first-order valence-corrected chi connectivity index (χ1v) is 5.90. The minimum atomic E-state index is -0.264. The summed E-state index contributed by atoms with van der Waals surface area (Å²) in [6, 6.07) is 3.60. The number of rotatable bonds is 2. The molecule has 4 nitrogen and oxygen atoms in total. The number of carbonyl (C=O) groups excluding carboxylic acids is 1. The van der Waals surface area contributed by atoms with Gasteiger partial charge in [-0.25, -0.2) is 4.98 Å². The van der Waals surface area contributed by atoms with Crippen molar-refractivity contribution < 1.29 is 9.90 Å². The minimum Gasteiger partial charge on any atom is -0.504 e. The lowest BCUT2D eigenvalue weighted by Crippen LogP contribution is -2.00. The van der Waals surface area contributed by atoms with Gasteiger partial charge in [-0.1, -0.05) is 0 Å². The molecular weight excluding hydrogens is 224 g/mol. The molecule has 2 heterocycles. The van der Waals surface area contributed by atoms with Crippen LogP contribution >= 0.6 is 11.8 Å². The Balaban J connectivity index is 2.88. The SMILES string of the molecule is CSc1nc(C(C)=O)c(O)c2ncccc12. The van der Waals surface area contributed by atoms with Crippen LogP contribution in [0.2, 0.25) is 0 Å². The fraction of sp³-hybridized carbons (Fsp3) is 0.182. The van der Waals surface area contributed by atoms with Crippen LogP contribution in [0.3, 0.4) is 0 Å². The number of Topliss-reactive ketones (excluding diaryl/α,β-unsaturated/α-hetero) is 1. The maximum atomic E-state index is 11.3. The summed E-state index contributed by atoms with van der Waals surface area (Å²) < 4.78 is 0. The molecule has 0 unspecified atom stereocenters. The first-order chi connectivity index (χ1) is 7.65. The van der Waals surface area contributed by atoms with Gasteiger partial charge in [0.15, 0.2) is 17.2 Å². The molecule has 0 aliphatic rings. The van der Waals surface area contributed by atoms with Gasteiger partial charge in [0.25, 0.3) is 0 Å². The lowest BCUT2D eigenvalue weighted by molar-refractivity contribution is 0.101. The topological polar surface area (TPSA) is 63.1 Å². The van der Waals surface area contributed by atoms with E-state index < -0.39 is 0 Å². The van der Waals surface area contributed by atoms with Crippen LogP contribution in [-0.4, -0.2) is 27.1 Å². The third-order valence-electron chi connectivity index (χ3n) is 2.23. The second-order valence-electron chi connectivity index (χ2n) is 3.27. The Kier molecular flexibility index (Phi) is 2.78. The summed E-state index contributed by atoms with van der Waals surface area (Å²) in [7, 11) is 0. The summed E-state index contributed by atoms with van der Waals surface area (Å²) in [5.74, 6) is -0.402. The molecule has 0 amide bonds. The zero-order valence-corrected chi connectivity index (χ0v) is 9.71. The quantitative estimate of drug-likeness (QED) is 0.638. The van der Waals surface area contributed by atoms with Crippen molar-refractivity contribution in [1.82, 2.24) is 9.97 Å². The molecule has 5 heteroatoms. The van der Waals surface area contributed by atoms with E-state index in [1.54, 1.807) is 12.3 Å². The number of thioether (sulfide) groups is 1. The van der Waals surface area contributed by atoms with Gasteiger partial charge in [-0.15, -0.1) is 11.8 Å². The van der Waals surface area contributed by atoms with Crippen molar-refractivity contribution in [2.45, 2.75) is 11.9 Å². The van der Waals surface area contributed by atoms with E-state index in [0.29, 0.717) is 10.5 Å². The largest absolute Gasteiger partial charge is 0.504 e. The zero-order chi connectivity index (χ0) is 11.7. The van der Waals surface area contributed by atoms with Crippen LogP contribution in [0.4, 0.5) is 0 Å². The van der Waals surface area contributed by atoms with Crippen molar-refractivity contribution >= 4 is 28.4 Å². The van der Waals surface area contributed by atoms with Crippen molar-refractivity contribution in [3.05, 3.63) is 24.0 Å². The Hall–Kier alpha value is -1.62. The minimum absolute atomic E-state index is 0.0792. The Morgan fingerprint density at radius 3 is 2.88 bits per heavy atom. The summed E-state index contributed by atoms with van der Waals surface area (Å²) in [5.41, 5.74) is 0.502. The van der Waals surface area contributed by atoms with Crippen molar-refractivity contribution in [1.29, 1.82) is 0 Å². The number of pyridine rings is 2. The predicted molar refractivity (Wildman–Crippen MR) is 63.0 cm³/mol. The van der Waals surface area contributed by atoms with E-state index in [2.05, 4.69) is 9.97 Å². The van der Waals surface area contributed by atoms with Crippen molar-refractivity contribution in [3.8, 4) is 5.75 Å². The third kappa shape index (κ3) is 1.63. The molecule has 0 saturated heterocycles. The Labute approximate surface area is 96.7 Å². The zero-order valence-electron chi connectivity index (χ0n) is 8.89. The molecule has 0 aromatic carbocycles. The molecule has 2 aromatic heterocycles. The van der Waals surface area contributed by atoms with Crippen molar-refractivity contribution in [2.24, 2.45) is 0 Å². The number of hydrogen-bond acceptors (Lipinski definition) is 5. The monoisotopic (exact) mass is 234 g/mol. The van der Waals surface area contributed by atoms with Gasteiger partial charge in [0.05, 0.1) is 0 Å². The lowest BCUT2D eigenvalue weighted by Gasteiger charge is -2.07. The normalized spacial score (nSPS) is 10.6. The lowest BCUT2D eigenvalue weighted by atomic mass is 10.2. The number of ketones is 1. The van der Waals surface area contributed by atoms with E-state index in [1.807, 2.05) is 12.3 Å². The Morgan fingerprint density at radius 1 is 1.50 bits per heavy atom. The first kappa shape index (κ1) is 10.9. The molecule has 2 aromatic rings. The second-order valence-corrected chi connectivity index (χ2v) is 4.07. The van der Waals surface area contributed by atoms with Gasteiger partial charge >= 0.3 is 0 Å². The van der Waals surface area contributed by atoms with Gasteiger partial charge < -0.3 is 5.11 Å². The van der Waals surface area contributed by atoms with E-state index in [4.69, 9.17) is 0 Å². The summed E-state index contributed by atoms with van der Waals surface area (Å²) in [4.78, 5) is 19.5. The molecule has 0 spiro atoms. The van der Waals surface area contributed by atoms with Crippen LogP contribution in [0.1, 0.15) is 17.4 Å². The van der Waals surface area contributed by atoms with Gasteiger partial charge in [0.1, 0.15) is 10.5 Å². The van der Waals surface area contributed by atoms with Gasteiger partial charge in [-0.3, -0.25) is 9.78 Å². The van der Waals surface area contributed by atoms with Crippen LogP contribution in [-0.2, 0) is 0 Å². The summed E-state index contributed by atoms with van der Waals surface area (Å²) in [6.45, 7) is 1.38. The van der Waals surface area contributed by atoms with E-state index in [0.717, 1.165) is 5.39 Å². The van der Waals surface area contributed by atoms with Gasteiger partial charge in [0.2, 0.25) is 0 Å². The summed E-state index contributed by atoms with van der Waals surface area (Å²) >= 11 is 1.42. The van der Waals surface area contributed by atoms with E-state index >= 15 is 0 Å². The molecule has 0 fully saturated rings. The smallest absolute Gasteiger partial charge is 0.182 e. The maximum absolute atomic E-state index is 11.3. The van der Waals surface area contributed by atoms with E-state index in [1.165, 1.54) is 18.7 Å². The van der Waals surface area contributed by atoms with E-state index in [-0.39, 0.29) is 17.2 Å². The molecule has 82 valence electrons. The molecule has 0 radical (unpaired) electrons. The highest BCUT2D eigenvalue weighted by Crippen LogP contribution is 2.31. The van der Waals surface area contributed by atoms with Gasteiger partial charge in [0, 0.05) is 18.5 Å². The van der Waals surface area contributed by atoms with Crippen LogP contribution in [0.15, 0.2) is 23.4 Å². The first-order valence-electron chi connectivity index (χ1n) is 4.67.